The van der Waals surface area contributed by atoms with Gasteiger partial charge in [0.15, 0.2) is 0 Å². The molecule has 0 aromatic carbocycles. The van der Waals surface area contributed by atoms with Crippen molar-refractivity contribution in [2.45, 2.75) is 59.9 Å². The summed E-state index contributed by atoms with van der Waals surface area (Å²) in [6, 6.07) is 0. The minimum Gasteiger partial charge on any atom is -0.494 e. The third kappa shape index (κ3) is 10.7. The van der Waals surface area contributed by atoms with Crippen molar-refractivity contribution >= 4 is 0 Å². The summed E-state index contributed by atoms with van der Waals surface area (Å²) < 4.78 is 16.0. The maximum atomic E-state index is 5.34. The van der Waals surface area contributed by atoms with Gasteiger partial charge in [-0.05, 0) is 41.5 Å². The first-order valence-electron chi connectivity index (χ1n) is 4.78. The summed E-state index contributed by atoms with van der Waals surface area (Å²) in [5.74, 6) is 0. The van der Waals surface area contributed by atoms with Gasteiger partial charge < -0.3 is 14.2 Å². The quantitative estimate of drug-likeness (QED) is 0.525. The van der Waals surface area contributed by atoms with Crippen LogP contribution in [0.5, 0.6) is 0 Å². The molecule has 0 saturated carbocycles. The Labute approximate surface area is 102 Å². The molecule has 0 aromatic rings. The first-order chi connectivity index (χ1) is 5.91. The van der Waals surface area contributed by atoms with E-state index in [9.17, 15) is 0 Å². The summed E-state index contributed by atoms with van der Waals surface area (Å²) in [5.41, 5.74) is 0. The van der Waals surface area contributed by atoms with Gasteiger partial charge in [-0.15, -0.1) is 0 Å². The van der Waals surface area contributed by atoms with Crippen molar-refractivity contribution in [2.75, 3.05) is 0 Å². The predicted molar refractivity (Wildman–Crippen MR) is 51.9 cm³/mol. The van der Waals surface area contributed by atoms with Crippen LogP contribution in [-0.4, -0.2) is 18.3 Å². The van der Waals surface area contributed by atoms with E-state index in [1.807, 2.05) is 41.5 Å². The molecule has 0 rings (SSSR count). The van der Waals surface area contributed by atoms with Crippen LogP contribution in [-0.2, 0) is 35.9 Å². The predicted octanol–water partition coefficient (Wildman–Crippen LogP) is 2.71. The zero-order valence-electron chi connectivity index (χ0n) is 9.96. The Morgan fingerprint density at radius 3 is 1.00 bits per heavy atom. The van der Waals surface area contributed by atoms with Crippen molar-refractivity contribution in [3.63, 3.8) is 0 Å². The van der Waals surface area contributed by atoms with E-state index in [1.54, 1.807) is 0 Å². The molecule has 0 N–H and O–H groups in total. The Bertz CT molecular complexity index is 103. The van der Waals surface area contributed by atoms with Crippen LogP contribution < -0.4 is 0 Å². The minimum atomic E-state index is 0. The van der Waals surface area contributed by atoms with Gasteiger partial charge in [0, 0.05) is 46.5 Å². The molecule has 0 aliphatic heterocycles. The van der Waals surface area contributed by atoms with Crippen LogP contribution in [0.15, 0.2) is 0 Å². The molecule has 0 unspecified atom stereocenters. The van der Waals surface area contributed by atoms with E-state index in [2.05, 4.69) is 0 Å². The summed E-state index contributed by atoms with van der Waals surface area (Å²) in [6.45, 7) is 11.9. The van der Waals surface area contributed by atoms with Crippen LogP contribution >= 0.6 is 0 Å². The van der Waals surface area contributed by atoms with E-state index in [1.165, 1.54) is 0 Å². The molecule has 0 radical (unpaired) electrons. The average molecular weight is 237 g/mol. The largest absolute Gasteiger partial charge is 0.494 e. The molecule has 0 spiro atoms. The van der Waals surface area contributed by atoms with Crippen LogP contribution in [0.25, 0.3) is 0 Å². The second kappa shape index (κ2) is 8.87. The molecule has 14 heavy (non-hydrogen) atoms. The molecule has 0 amide bonds. The fourth-order valence-electron chi connectivity index (χ4n) is 0.661. The second-order valence-electron chi connectivity index (χ2n) is 3.75. The van der Waals surface area contributed by atoms with Crippen molar-refractivity contribution < 1.29 is 35.9 Å². The normalized spacial score (nSPS) is 11.6. The zero-order valence-corrected chi connectivity index (χ0v) is 11.5. The summed E-state index contributed by atoms with van der Waals surface area (Å²) >= 11 is 0. The van der Waals surface area contributed by atoms with Gasteiger partial charge in [0.25, 0.3) is 0 Å². The van der Waals surface area contributed by atoms with Crippen molar-refractivity contribution in [1.82, 2.24) is 0 Å². The van der Waals surface area contributed by atoms with E-state index in [-0.39, 0.29) is 46.5 Å². The standard InChI is InChI=1S/C10H21O3.Ti/c1-7(2)11-10(12-8(3)4)13-9(5)6;/h7-9H,1-6H3;/q-1;. The minimum absolute atomic E-state index is 0. The molecule has 0 aliphatic rings. The summed E-state index contributed by atoms with van der Waals surface area (Å²) in [6.07, 6.45) is 0.229. The van der Waals surface area contributed by atoms with Gasteiger partial charge in [-0.3, -0.25) is 0 Å². The number of ether oxygens (including phenoxy) is 3. The Morgan fingerprint density at radius 1 is 0.643 bits per heavy atom. The van der Waals surface area contributed by atoms with Gasteiger partial charge in [0.1, 0.15) is 0 Å². The molecule has 0 fully saturated rings. The van der Waals surface area contributed by atoms with Gasteiger partial charge in [-0.2, -0.15) is 0 Å². The van der Waals surface area contributed by atoms with E-state index >= 15 is 0 Å². The molecule has 4 heteroatoms. The monoisotopic (exact) mass is 237 g/mol. The van der Waals surface area contributed by atoms with E-state index < -0.39 is 0 Å². The summed E-state index contributed by atoms with van der Waals surface area (Å²) in [5, 5.41) is 0. The Balaban J connectivity index is 0. The Morgan fingerprint density at radius 2 is 0.857 bits per heavy atom. The number of hydrogen-bond donors (Lipinski definition) is 0. The Kier molecular flexibility index (Phi) is 10.8. The third-order valence-electron chi connectivity index (χ3n) is 0.996. The average Bonchev–Trinajstić information content (AvgIpc) is 1.80. The number of hydrogen-bond acceptors (Lipinski definition) is 3. The fourth-order valence-corrected chi connectivity index (χ4v) is 0.661. The smallest absolute Gasteiger partial charge is 0.0381 e. The second-order valence-corrected chi connectivity index (χ2v) is 3.75. The fraction of sp³-hybridized carbons (Fsp3) is 0.900. The van der Waals surface area contributed by atoms with E-state index in [0.29, 0.717) is 0 Å². The van der Waals surface area contributed by atoms with E-state index in [0.717, 1.165) is 0 Å². The van der Waals surface area contributed by atoms with Gasteiger partial charge in [-0.25, -0.2) is 0 Å². The molecule has 0 aromatic heterocycles. The first kappa shape index (κ1) is 17.0. The third-order valence-corrected chi connectivity index (χ3v) is 0.996. The van der Waals surface area contributed by atoms with Gasteiger partial charge in [-0.1, -0.05) is 0 Å². The topological polar surface area (TPSA) is 27.7 Å². The maximum absolute atomic E-state index is 5.34. The van der Waals surface area contributed by atoms with Crippen molar-refractivity contribution in [2.24, 2.45) is 0 Å². The van der Waals surface area contributed by atoms with Gasteiger partial charge in [0.05, 0.1) is 0 Å². The number of rotatable bonds is 6. The Hall–Kier alpha value is 0.594. The van der Waals surface area contributed by atoms with Crippen molar-refractivity contribution in [3.05, 3.63) is 6.48 Å². The molecular formula is C10H21O3Ti-. The molecule has 3 nitrogen and oxygen atoms in total. The molecule has 0 atom stereocenters. The van der Waals surface area contributed by atoms with E-state index in [4.69, 9.17) is 14.2 Å². The molecule has 0 saturated heterocycles. The SMILES string of the molecule is CC(C)O[C-](OC(C)C)OC(C)C.[Ti]. The molecule has 0 aliphatic carbocycles. The van der Waals surface area contributed by atoms with Crippen molar-refractivity contribution in [1.29, 1.82) is 0 Å². The zero-order chi connectivity index (χ0) is 10.4. The molecule has 84 valence electrons. The van der Waals surface area contributed by atoms with Crippen molar-refractivity contribution in [3.8, 4) is 0 Å². The van der Waals surface area contributed by atoms with Crippen LogP contribution in [0.3, 0.4) is 0 Å². The summed E-state index contributed by atoms with van der Waals surface area (Å²) in [7, 11) is 0. The van der Waals surface area contributed by atoms with Crippen LogP contribution in [0.1, 0.15) is 41.5 Å². The van der Waals surface area contributed by atoms with Gasteiger partial charge >= 0.3 is 0 Å². The molecule has 0 bridgehead atoms. The van der Waals surface area contributed by atoms with Crippen LogP contribution in [0.2, 0.25) is 0 Å². The van der Waals surface area contributed by atoms with Gasteiger partial charge in [0.2, 0.25) is 0 Å². The first-order valence-corrected chi connectivity index (χ1v) is 4.78. The van der Waals surface area contributed by atoms with Crippen LogP contribution in [0.4, 0.5) is 0 Å². The molecule has 0 heterocycles. The molecular weight excluding hydrogens is 216 g/mol. The van der Waals surface area contributed by atoms with Crippen LogP contribution in [0, 0.1) is 6.48 Å². The maximum Gasteiger partial charge on any atom is 0.0381 e. The summed E-state index contributed by atoms with van der Waals surface area (Å²) in [4.78, 5) is 0.